The minimum Gasteiger partial charge on any atom is -0.396 e. The first-order chi connectivity index (χ1) is 16.0. The molecule has 3 fully saturated rings. The highest BCUT2D eigenvalue weighted by molar-refractivity contribution is 5.39. The van der Waals surface area contributed by atoms with E-state index in [1.807, 2.05) is 13.8 Å². The second-order valence-electron chi connectivity index (χ2n) is 12.5. The molecule has 0 aromatic rings. The van der Waals surface area contributed by atoms with Crippen LogP contribution >= 0.6 is 0 Å². The highest BCUT2D eigenvalue weighted by atomic mass is 16.3. The van der Waals surface area contributed by atoms with Gasteiger partial charge in [-0.3, -0.25) is 0 Å². The number of hydrogen-bond acceptors (Lipinski definition) is 4. The van der Waals surface area contributed by atoms with E-state index in [2.05, 4.69) is 32.6 Å². The highest BCUT2D eigenvalue weighted by Gasteiger charge is 2.50. The van der Waals surface area contributed by atoms with Crippen LogP contribution in [0.15, 0.2) is 35.5 Å². The summed E-state index contributed by atoms with van der Waals surface area (Å²) in [6.45, 7) is 13.0. The topological polar surface area (TPSA) is 80.9 Å². The van der Waals surface area contributed by atoms with Crippen molar-refractivity contribution < 1.29 is 20.4 Å². The summed E-state index contributed by atoms with van der Waals surface area (Å²) in [6, 6.07) is 0. The van der Waals surface area contributed by atoms with Crippen molar-refractivity contribution in [2.24, 2.45) is 29.1 Å². The van der Waals surface area contributed by atoms with Crippen LogP contribution in [0, 0.1) is 29.1 Å². The molecule has 0 amide bonds. The fourth-order valence-corrected chi connectivity index (χ4v) is 7.50. The van der Waals surface area contributed by atoms with Crippen molar-refractivity contribution in [3.63, 3.8) is 0 Å². The van der Waals surface area contributed by atoms with Gasteiger partial charge in [0.25, 0.3) is 0 Å². The molecule has 0 aromatic heterocycles. The zero-order chi connectivity index (χ0) is 25.1. The Labute approximate surface area is 207 Å². The molecule has 0 radical (unpaired) electrons. The number of aliphatic hydroxyl groups is 4. The Morgan fingerprint density at radius 2 is 1.91 bits per heavy atom. The van der Waals surface area contributed by atoms with Gasteiger partial charge >= 0.3 is 0 Å². The third-order valence-electron chi connectivity index (χ3n) is 9.47. The molecule has 4 heteroatoms. The van der Waals surface area contributed by atoms with E-state index < -0.39 is 17.8 Å². The predicted octanol–water partition coefficient (Wildman–Crippen LogP) is 5.70. The largest absolute Gasteiger partial charge is 0.396 e. The Bertz CT molecular complexity index is 760. The van der Waals surface area contributed by atoms with E-state index in [0.717, 1.165) is 36.3 Å². The van der Waals surface area contributed by atoms with Gasteiger partial charge in [-0.05, 0) is 106 Å². The second-order valence-corrected chi connectivity index (χ2v) is 12.5. The number of allylic oxidation sites excluding steroid dienone is 3. The van der Waals surface area contributed by atoms with Gasteiger partial charge in [0, 0.05) is 12.5 Å². The van der Waals surface area contributed by atoms with E-state index >= 15 is 0 Å². The van der Waals surface area contributed by atoms with Crippen LogP contribution < -0.4 is 0 Å². The standard InChI is InChI=1S/C30H50O4/c1-20(9-6-16-29(3,4)34)25-14-15-26-22(10-7-17-30(25,26)5)12-13-23-19-27(32)24(11-8-18-31)28(33)21(23)2/h12-13,20,24-28,31-34H,2,6-11,14-19H2,1,3-5H3/b22-12+,23-13-/t20-,24+,25-,26+,27-,28-,30-/m1/s1. The van der Waals surface area contributed by atoms with Crippen LogP contribution in [0.3, 0.4) is 0 Å². The molecule has 0 bridgehead atoms. The van der Waals surface area contributed by atoms with E-state index in [4.69, 9.17) is 5.11 Å². The molecule has 0 unspecified atom stereocenters. The van der Waals surface area contributed by atoms with E-state index in [1.54, 1.807) is 0 Å². The first-order valence-corrected chi connectivity index (χ1v) is 13.8. The van der Waals surface area contributed by atoms with Crippen LogP contribution in [0.25, 0.3) is 0 Å². The Kier molecular flexibility index (Phi) is 9.28. The van der Waals surface area contributed by atoms with Crippen molar-refractivity contribution >= 4 is 0 Å². The van der Waals surface area contributed by atoms with Crippen LogP contribution in [0.4, 0.5) is 0 Å². The molecule has 3 rings (SSSR count). The van der Waals surface area contributed by atoms with Gasteiger partial charge in [0.15, 0.2) is 0 Å². The van der Waals surface area contributed by atoms with Crippen LogP contribution in [0.2, 0.25) is 0 Å². The molecular formula is C30H50O4. The number of aliphatic hydroxyl groups excluding tert-OH is 3. The number of hydrogen-bond donors (Lipinski definition) is 4. The fourth-order valence-electron chi connectivity index (χ4n) is 7.50. The van der Waals surface area contributed by atoms with Gasteiger partial charge in [-0.15, -0.1) is 0 Å². The monoisotopic (exact) mass is 474 g/mol. The molecule has 4 N–H and O–H groups in total. The molecule has 3 aliphatic rings. The summed E-state index contributed by atoms with van der Waals surface area (Å²) < 4.78 is 0. The fraction of sp³-hybridized carbons (Fsp3) is 0.800. The quantitative estimate of drug-likeness (QED) is 0.345. The van der Waals surface area contributed by atoms with Crippen LogP contribution in [-0.2, 0) is 0 Å². The molecule has 34 heavy (non-hydrogen) atoms. The van der Waals surface area contributed by atoms with Crippen molar-refractivity contribution in [3.8, 4) is 0 Å². The Morgan fingerprint density at radius 1 is 1.18 bits per heavy atom. The lowest BCUT2D eigenvalue weighted by Crippen LogP contribution is -2.38. The zero-order valence-electron chi connectivity index (χ0n) is 22.1. The molecule has 0 spiro atoms. The summed E-state index contributed by atoms with van der Waals surface area (Å²) in [5, 5.41) is 40.6. The third kappa shape index (κ3) is 6.24. The maximum Gasteiger partial charge on any atom is 0.0839 e. The summed E-state index contributed by atoms with van der Waals surface area (Å²) in [5.74, 6) is 1.78. The Balaban J connectivity index is 1.69. The normalized spacial score (nSPS) is 37.9. The van der Waals surface area contributed by atoms with Crippen molar-refractivity contribution in [1.29, 1.82) is 0 Å². The number of rotatable bonds is 9. The molecule has 0 heterocycles. The Hall–Kier alpha value is -0.940. The van der Waals surface area contributed by atoms with E-state index in [1.165, 1.54) is 37.7 Å². The molecule has 7 atom stereocenters. The Morgan fingerprint density at radius 3 is 2.59 bits per heavy atom. The first kappa shape index (κ1) is 27.6. The molecule has 3 aliphatic carbocycles. The predicted molar refractivity (Wildman–Crippen MR) is 139 cm³/mol. The van der Waals surface area contributed by atoms with Gasteiger partial charge in [-0.1, -0.05) is 51.0 Å². The molecule has 194 valence electrons. The third-order valence-corrected chi connectivity index (χ3v) is 9.47. The lowest BCUT2D eigenvalue weighted by molar-refractivity contribution is 0.0112. The molecule has 3 saturated carbocycles. The van der Waals surface area contributed by atoms with Gasteiger partial charge in [0.05, 0.1) is 17.8 Å². The smallest absolute Gasteiger partial charge is 0.0839 e. The van der Waals surface area contributed by atoms with E-state index in [-0.39, 0.29) is 12.5 Å². The summed E-state index contributed by atoms with van der Waals surface area (Å²) in [5.41, 5.74) is 3.00. The lowest BCUT2D eigenvalue weighted by Gasteiger charge is -2.44. The molecule has 0 aromatic carbocycles. The summed E-state index contributed by atoms with van der Waals surface area (Å²) in [6.07, 6.45) is 14.2. The van der Waals surface area contributed by atoms with Crippen LogP contribution in [0.1, 0.15) is 98.3 Å². The van der Waals surface area contributed by atoms with Crippen molar-refractivity contribution in [3.05, 3.63) is 35.5 Å². The zero-order valence-corrected chi connectivity index (χ0v) is 22.1. The molecule has 0 saturated heterocycles. The van der Waals surface area contributed by atoms with Crippen LogP contribution in [0.5, 0.6) is 0 Å². The summed E-state index contributed by atoms with van der Waals surface area (Å²) in [4.78, 5) is 0. The average Bonchev–Trinajstić information content (AvgIpc) is 3.12. The lowest BCUT2D eigenvalue weighted by atomic mass is 9.60. The van der Waals surface area contributed by atoms with Gasteiger partial charge in [0.2, 0.25) is 0 Å². The van der Waals surface area contributed by atoms with Crippen molar-refractivity contribution in [2.75, 3.05) is 6.61 Å². The molecular weight excluding hydrogens is 424 g/mol. The maximum absolute atomic E-state index is 10.7. The van der Waals surface area contributed by atoms with Gasteiger partial charge in [-0.25, -0.2) is 0 Å². The van der Waals surface area contributed by atoms with Gasteiger partial charge in [-0.2, -0.15) is 0 Å². The highest BCUT2D eigenvalue weighted by Crippen LogP contribution is 2.60. The van der Waals surface area contributed by atoms with Gasteiger partial charge < -0.3 is 20.4 Å². The summed E-state index contributed by atoms with van der Waals surface area (Å²) >= 11 is 0. The van der Waals surface area contributed by atoms with Crippen molar-refractivity contribution in [2.45, 2.75) is 116 Å². The first-order valence-electron chi connectivity index (χ1n) is 13.8. The minimum atomic E-state index is -0.739. The summed E-state index contributed by atoms with van der Waals surface area (Å²) in [7, 11) is 0. The maximum atomic E-state index is 10.7. The van der Waals surface area contributed by atoms with E-state index in [9.17, 15) is 15.3 Å². The van der Waals surface area contributed by atoms with Crippen molar-refractivity contribution in [1.82, 2.24) is 0 Å². The molecule has 4 nitrogen and oxygen atoms in total. The minimum absolute atomic E-state index is 0.0798. The SMILES string of the molecule is C=C1/C(=C\C=C2/CCC[C@]3(C)[C@@H]([C@H](C)CCCC(C)(C)O)CC[C@@H]23)C[C@@H](O)[C@H](CCCO)[C@@H]1O. The molecule has 0 aliphatic heterocycles. The van der Waals surface area contributed by atoms with Crippen LogP contribution in [-0.4, -0.2) is 44.8 Å². The second kappa shape index (κ2) is 11.4. The van der Waals surface area contributed by atoms with Gasteiger partial charge in [0.1, 0.15) is 0 Å². The number of fused-ring (bicyclic) bond motifs is 1. The average molecular weight is 475 g/mol. The van der Waals surface area contributed by atoms with E-state index in [0.29, 0.717) is 36.5 Å².